The number of hydrogen-bond acceptors (Lipinski definition) is 6. The molecule has 116 valence electrons. The van der Waals surface area contributed by atoms with Gasteiger partial charge in [-0.3, -0.25) is 4.90 Å². The molecule has 1 saturated heterocycles. The summed E-state index contributed by atoms with van der Waals surface area (Å²) in [4.78, 5) is 3.42. The van der Waals surface area contributed by atoms with Gasteiger partial charge in [0.25, 0.3) is 0 Å². The van der Waals surface area contributed by atoms with Crippen molar-refractivity contribution in [1.82, 2.24) is 10.2 Å². The van der Waals surface area contributed by atoms with E-state index in [0.717, 1.165) is 49.1 Å². The Hall–Kier alpha value is -0.950. The second-order valence-corrected chi connectivity index (χ2v) is 6.41. The fourth-order valence-corrected chi connectivity index (χ4v) is 3.40. The molecule has 0 radical (unpaired) electrons. The average Bonchev–Trinajstić information content (AvgIpc) is 2.54. The van der Waals surface area contributed by atoms with Crippen LogP contribution in [0.5, 0.6) is 11.5 Å². The van der Waals surface area contributed by atoms with Crippen LogP contribution in [0.2, 0.25) is 0 Å². The summed E-state index contributed by atoms with van der Waals surface area (Å²) in [6.45, 7) is 6.04. The summed E-state index contributed by atoms with van der Waals surface area (Å²) >= 11 is 1.66. The van der Waals surface area contributed by atoms with Gasteiger partial charge in [-0.2, -0.15) is 0 Å². The van der Waals surface area contributed by atoms with Crippen LogP contribution < -0.4 is 14.8 Å². The van der Waals surface area contributed by atoms with Gasteiger partial charge in [0.2, 0.25) is 0 Å². The normalized spacial score (nSPS) is 20.2. The Morgan fingerprint density at radius 3 is 2.76 bits per heavy atom. The predicted molar refractivity (Wildman–Crippen MR) is 83.5 cm³/mol. The first kappa shape index (κ1) is 15.0. The van der Waals surface area contributed by atoms with Gasteiger partial charge in [-0.1, -0.05) is 0 Å². The van der Waals surface area contributed by atoms with Crippen LogP contribution in [0.3, 0.4) is 0 Å². The van der Waals surface area contributed by atoms with Crippen LogP contribution in [0, 0.1) is 0 Å². The third-order valence-electron chi connectivity index (χ3n) is 3.63. The molecule has 2 aliphatic heterocycles. The van der Waals surface area contributed by atoms with Crippen LogP contribution in [-0.2, 0) is 0 Å². The summed E-state index contributed by atoms with van der Waals surface area (Å²) < 4.78 is 11.1. The Labute approximate surface area is 129 Å². The highest BCUT2D eigenvalue weighted by Gasteiger charge is 2.16. The number of aliphatic hydroxyl groups is 1. The van der Waals surface area contributed by atoms with Crippen LogP contribution >= 0.6 is 11.8 Å². The molecule has 21 heavy (non-hydrogen) atoms. The third-order valence-corrected chi connectivity index (χ3v) is 4.77. The largest absolute Gasteiger partial charge is 0.486 e. The molecule has 1 unspecified atom stereocenters. The van der Waals surface area contributed by atoms with E-state index in [1.807, 2.05) is 18.2 Å². The summed E-state index contributed by atoms with van der Waals surface area (Å²) in [5.74, 6) is 2.32. The molecular weight excluding hydrogens is 288 g/mol. The van der Waals surface area contributed by atoms with Gasteiger partial charge in [0, 0.05) is 43.4 Å². The quantitative estimate of drug-likeness (QED) is 0.785. The molecule has 0 bridgehead atoms. The number of aliphatic hydroxyl groups excluding tert-OH is 1. The van der Waals surface area contributed by atoms with Crippen molar-refractivity contribution in [1.29, 1.82) is 0 Å². The Kier molecular flexibility index (Phi) is 5.24. The lowest BCUT2D eigenvalue weighted by Gasteiger charge is -2.29. The second-order valence-electron chi connectivity index (χ2n) is 5.32. The molecule has 2 aliphatic rings. The van der Waals surface area contributed by atoms with Crippen LogP contribution in [-0.4, -0.2) is 67.8 Å². The number of nitrogens with zero attached hydrogens (tertiary/aromatic N) is 1. The maximum Gasteiger partial charge on any atom is 0.162 e. The Balaban J connectivity index is 1.47. The van der Waals surface area contributed by atoms with Crippen LogP contribution in [0.15, 0.2) is 23.1 Å². The Morgan fingerprint density at radius 2 is 1.95 bits per heavy atom. The molecule has 1 aromatic carbocycles. The number of rotatable bonds is 5. The fraction of sp³-hybridized carbons (Fsp3) is 0.600. The molecule has 0 saturated carbocycles. The van der Waals surface area contributed by atoms with Gasteiger partial charge < -0.3 is 19.9 Å². The van der Waals surface area contributed by atoms with Gasteiger partial charge >= 0.3 is 0 Å². The van der Waals surface area contributed by atoms with Crippen molar-refractivity contribution in [2.75, 3.05) is 51.7 Å². The highest BCUT2D eigenvalue weighted by Crippen LogP contribution is 2.34. The van der Waals surface area contributed by atoms with E-state index in [9.17, 15) is 5.11 Å². The highest BCUT2D eigenvalue weighted by molar-refractivity contribution is 7.99. The molecule has 3 rings (SSSR count). The van der Waals surface area contributed by atoms with E-state index < -0.39 is 0 Å². The van der Waals surface area contributed by atoms with E-state index >= 15 is 0 Å². The van der Waals surface area contributed by atoms with Crippen molar-refractivity contribution >= 4 is 11.8 Å². The maximum atomic E-state index is 10.2. The topological polar surface area (TPSA) is 54.0 Å². The molecule has 6 heteroatoms. The minimum atomic E-state index is -0.304. The summed E-state index contributed by atoms with van der Waals surface area (Å²) in [7, 11) is 0. The molecule has 2 heterocycles. The molecule has 1 atom stereocenters. The maximum absolute atomic E-state index is 10.2. The minimum Gasteiger partial charge on any atom is -0.486 e. The van der Waals surface area contributed by atoms with E-state index in [4.69, 9.17) is 9.47 Å². The van der Waals surface area contributed by atoms with Gasteiger partial charge in [-0.15, -0.1) is 11.8 Å². The van der Waals surface area contributed by atoms with E-state index in [0.29, 0.717) is 19.0 Å². The SMILES string of the molecule is OC(CSc1ccc2c(c1)OCCO2)CN1CCNCC1. The lowest BCUT2D eigenvalue weighted by atomic mass is 10.3. The van der Waals surface area contributed by atoms with E-state index in [-0.39, 0.29) is 6.10 Å². The first-order valence-electron chi connectivity index (χ1n) is 7.45. The second kappa shape index (κ2) is 7.35. The lowest BCUT2D eigenvalue weighted by Crippen LogP contribution is -2.46. The van der Waals surface area contributed by atoms with Gasteiger partial charge in [0.05, 0.1) is 6.10 Å². The Morgan fingerprint density at radius 1 is 1.19 bits per heavy atom. The van der Waals surface area contributed by atoms with E-state index in [1.165, 1.54) is 0 Å². The van der Waals surface area contributed by atoms with E-state index in [2.05, 4.69) is 10.2 Å². The molecule has 0 aliphatic carbocycles. The van der Waals surface area contributed by atoms with Crippen molar-refractivity contribution in [2.24, 2.45) is 0 Å². The molecule has 5 nitrogen and oxygen atoms in total. The summed E-state index contributed by atoms with van der Waals surface area (Å²) in [5.41, 5.74) is 0. The molecule has 0 aromatic heterocycles. The van der Waals surface area contributed by atoms with Crippen molar-refractivity contribution in [3.63, 3.8) is 0 Å². The van der Waals surface area contributed by atoms with Crippen LogP contribution in [0.4, 0.5) is 0 Å². The zero-order chi connectivity index (χ0) is 14.5. The first-order valence-corrected chi connectivity index (χ1v) is 8.43. The average molecular weight is 310 g/mol. The molecule has 0 amide bonds. The number of piperazine rings is 1. The first-order chi connectivity index (χ1) is 10.3. The molecule has 1 fully saturated rings. The van der Waals surface area contributed by atoms with Gasteiger partial charge in [0.15, 0.2) is 11.5 Å². The number of nitrogens with one attached hydrogen (secondary N) is 1. The lowest BCUT2D eigenvalue weighted by molar-refractivity contribution is 0.121. The highest BCUT2D eigenvalue weighted by atomic mass is 32.2. The standard InChI is InChI=1S/C15H22N2O3S/c18-12(10-17-5-3-16-4-6-17)11-21-13-1-2-14-15(9-13)20-8-7-19-14/h1-2,9,12,16,18H,3-8,10-11H2. The van der Waals surface area contributed by atoms with Crippen molar-refractivity contribution in [2.45, 2.75) is 11.0 Å². The molecule has 2 N–H and O–H groups in total. The minimum absolute atomic E-state index is 0.304. The number of ether oxygens (including phenoxy) is 2. The monoisotopic (exact) mass is 310 g/mol. The van der Waals surface area contributed by atoms with Crippen molar-refractivity contribution in [3.8, 4) is 11.5 Å². The van der Waals surface area contributed by atoms with Gasteiger partial charge in [0.1, 0.15) is 13.2 Å². The van der Waals surface area contributed by atoms with Gasteiger partial charge in [-0.05, 0) is 18.2 Å². The van der Waals surface area contributed by atoms with Gasteiger partial charge in [-0.25, -0.2) is 0 Å². The molecule has 0 spiro atoms. The summed E-state index contributed by atoms with van der Waals surface area (Å²) in [6, 6.07) is 5.96. The van der Waals surface area contributed by atoms with Crippen molar-refractivity contribution in [3.05, 3.63) is 18.2 Å². The predicted octanol–water partition coefficient (Wildman–Crippen LogP) is 0.816. The third kappa shape index (κ3) is 4.26. The number of fused-ring (bicyclic) bond motifs is 1. The summed E-state index contributed by atoms with van der Waals surface area (Å²) in [6.07, 6.45) is -0.304. The number of thioether (sulfide) groups is 1. The molecule has 1 aromatic rings. The summed E-state index contributed by atoms with van der Waals surface area (Å²) in [5, 5.41) is 13.5. The fourth-order valence-electron chi connectivity index (χ4n) is 2.55. The zero-order valence-electron chi connectivity index (χ0n) is 12.1. The molecular formula is C15H22N2O3S. The van der Waals surface area contributed by atoms with Crippen LogP contribution in [0.25, 0.3) is 0 Å². The van der Waals surface area contributed by atoms with Crippen LogP contribution in [0.1, 0.15) is 0 Å². The smallest absolute Gasteiger partial charge is 0.162 e. The Bertz CT molecular complexity index is 466. The number of benzene rings is 1. The van der Waals surface area contributed by atoms with E-state index in [1.54, 1.807) is 11.8 Å². The van der Waals surface area contributed by atoms with Crippen molar-refractivity contribution < 1.29 is 14.6 Å². The zero-order valence-corrected chi connectivity index (χ0v) is 12.9. The number of β-amino-alcohol motifs (C(OH)–C–C–N with tert-alkyl or cyclic N) is 1. The number of hydrogen-bond donors (Lipinski definition) is 2.